The average molecular weight is 442 g/mol. The van der Waals surface area contributed by atoms with Crippen LogP contribution >= 0.6 is 24.0 Å². The number of rotatable bonds is 4. The lowest BCUT2D eigenvalue weighted by atomic mass is 10.2. The summed E-state index contributed by atoms with van der Waals surface area (Å²) >= 11 is 6.80. The van der Waals surface area contributed by atoms with E-state index in [2.05, 4.69) is 9.88 Å². The van der Waals surface area contributed by atoms with Crippen molar-refractivity contribution in [2.45, 2.75) is 6.54 Å². The van der Waals surface area contributed by atoms with Crippen molar-refractivity contribution >= 4 is 46.1 Å². The Morgan fingerprint density at radius 3 is 2.83 bits per heavy atom. The zero-order valence-electron chi connectivity index (χ0n) is 16.1. The van der Waals surface area contributed by atoms with Crippen LogP contribution in [0.4, 0.5) is 5.82 Å². The van der Waals surface area contributed by atoms with E-state index in [1.54, 1.807) is 11.1 Å². The summed E-state index contributed by atoms with van der Waals surface area (Å²) in [6.07, 6.45) is 3.65. The molecule has 1 amide bonds. The van der Waals surface area contributed by atoms with Gasteiger partial charge in [0.15, 0.2) is 11.5 Å². The number of nitrogens with zero attached hydrogens (tertiary/aromatic N) is 3. The van der Waals surface area contributed by atoms with Crippen LogP contribution in [-0.2, 0) is 16.1 Å². The van der Waals surface area contributed by atoms with Crippen molar-refractivity contribution < 1.29 is 19.0 Å². The van der Waals surface area contributed by atoms with Gasteiger partial charge in [-0.05, 0) is 41.5 Å². The van der Waals surface area contributed by atoms with Crippen LogP contribution in [0.25, 0.3) is 6.08 Å². The molecule has 0 unspecified atom stereocenters. The minimum absolute atomic E-state index is 0.0904. The van der Waals surface area contributed by atoms with Crippen molar-refractivity contribution in [3.8, 4) is 11.5 Å². The molecular formula is C21H19N3O4S2. The quantitative estimate of drug-likeness (QED) is 0.530. The lowest BCUT2D eigenvalue weighted by Crippen LogP contribution is -2.36. The molecule has 2 fully saturated rings. The molecule has 0 aliphatic carbocycles. The Hall–Kier alpha value is -2.62. The highest BCUT2D eigenvalue weighted by Crippen LogP contribution is 2.36. The summed E-state index contributed by atoms with van der Waals surface area (Å²) in [5, 5.41) is 0. The Balaban J connectivity index is 1.33. The molecule has 0 radical (unpaired) electrons. The summed E-state index contributed by atoms with van der Waals surface area (Å²) in [4.78, 5) is 21.9. The van der Waals surface area contributed by atoms with Crippen LogP contribution in [0.5, 0.6) is 11.5 Å². The zero-order valence-corrected chi connectivity index (χ0v) is 17.7. The van der Waals surface area contributed by atoms with E-state index in [4.69, 9.17) is 26.4 Å². The number of hydrogen-bond acceptors (Lipinski definition) is 8. The van der Waals surface area contributed by atoms with E-state index in [0.29, 0.717) is 34.7 Å². The lowest BCUT2D eigenvalue weighted by Gasteiger charge is -2.27. The monoisotopic (exact) mass is 441 g/mol. The number of thiocarbonyl (C=S) groups is 1. The van der Waals surface area contributed by atoms with E-state index in [1.807, 2.05) is 36.4 Å². The number of fused-ring (bicyclic) bond motifs is 1. The fourth-order valence-corrected chi connectivity index (χ4v) is 4.75. The standard InChI is InChI=1S/C21H19N3O4S2/c25-20-18(10-14-3-4-22-19(11-14)23-5-7-26-8-6-23)30-21(29)24(20)12-15-1-2-16-17(9-15)28-13-27-16/h1-4,9-11H,5-8,12-13H2/b18-10-. The summed E-state index contributed by atoms with van der Waals surface area (Å²) in [5.74, 6) is 2.22. The number of thioether (sulfide) groups is 1. The minimum atomic E-state index is -0.0904. The Labute approximate surface area is 183 Å². The van der Waals surface area contributed by atoms with Gasteiger partial charge in [0.25, 0.3) is 5.91 Å². The fraction of sp³-hybridized carbons (Fsp3) is 0.286. The highest BCUT2D eigenvalue weighted by molar-refractivity contribution is 8.26. The van der Waals surface area contributed by atoms with E-state index < -0.39 is 0 Å². The molecule has 3 aliphatic rings. The molecule has 1 aromatic heterocycles. The van der Waals surface area contributed by atoms with Crippen LogP contribution in [0.15, 0.2) is 41.4 Å². The first-order chi connectivity index (χ1) is 14.7. The lowest BCUT2D eigenvalue weighted by molar-refractivity contribution is -0.122. The molecule has 0 atom stereocenters. The van der Waals surface area contributed by atoms with Crippen molar-refractivity contribution in [1.82, 2.24) is 9.88 Å². The number of morpholine rings is 1. The van der Waals surface area contributed by atoms with E-state index >= 15 is 0 Å². The molecule has 2 aromatic rings. The molecule has 154 valence electrons. The van der Waals surface area contributed by atoms with Gasteiger partial charge in [-0.1, -0.05) is 30.0 Å². The van der Waals surface area contributed by atoms with Crippen LogP contribution in [0.2, 0.25) is 0 Å². The number of hydrogen-bond donors (Lipinski definition) is 0. The first-order valence-electron chi connectivity index (χ1n) is 9.60. The van der Waals surface area contributed by atoms with Gasteiger partial charge in [0.1, 0.15) is 10.1 Å². The number of carbonyl (C=O) groups is 1. The molecule has 0 bridgehead atoms. The highest BCUT2D eigenvalue weighted by atomic mass is 32.2. The number of amides is 1. The second kappa shape index (κ2) is 8.25. The maximum absolute atomic E-state index is 13.0. The van der Waals surface area contributed by atoms with Gasteiger partial charge >= 0.3 is 0 Å². The summed E-state index contributed by atoms with van der Waals surface area (Å²) in [6.45, 7) is 3.64. The molecule has 0 N–H and O–H groups in total. The summed E-state index contributed by atoms with van der Waals surface area (Å²) in [6, 6.07) is 9.56. The van der Waals surface area contributed by atoms with E-state index in [0.717, 1.165) is 35.8 Å². The van der Waals surface area contributed by atoms with Gasteiger partial charge in [-0.2, -0.15) is 0 Å². The molecule has 2 saturated heterocycles. The minimum Gasteiger partial charge on any atom is -0.454 e. The molecule has 1 aromatic carbocycles. The van der Waals surface area contributed by atoms with Crippen LogP contribution in [0, 0.1) is 0 Å². The highest BCUT2D eigenvalue weighted by Gasteiger charge is 2.32. The van der Waals surface area contributed by atoms with Gasteiger partial charge in [-0.3, -0.25) is 9.69 Å². The Bertz CT molecular complexity index is 1040. The molecule has 4 heterocycles. The molecule has 3 aliphatic heterocycles. The normalized spacial score (nSPS) is 19.8. The van der Waals surface area contributed by atoms with Gasteiger partial charge in [0, 0.05) is 19.3 Å². The smallest absolute Gasteiger partial charge is 0.266 e. The van der Waals surface area contributed by atoms with E-state index in [-0.39, 0.29) is 12.7 Å². The third-order valence-electron chi connectivity index (χ3n) is 5.05. The molecule has 0 spiro atoms. The van der Waals surface area contributed by atoms with Crippen LogP contribution in [0.1, 0.15) is 11.1 Å². The number of carbonyl (C=O) groups excluding carboxylic acids is 1. The SMILES string of the molecule is O=C1/C(=C/c2ccnc(N3CCOCC3)c2)SC(=S)N1Cc1ccc2c(c1)OCO2. The number of benzene rings is 1. The molecule has 0 saturated carbocycles. The number of ether oxygens (including phenoxy) is 3. The van der Waals surface area contributed by atoms with Gasteiger partial charge in [-0.25, -0.2) is 4.98 Å². The largest absolute Gasteiger partial charge is 0.454 e. The van der Waals surface area contributed by atoms with Crippen molar-refractivity contribution in [1.29, 1.82) is 0 Å². The second-order valence-corrected chi connectivity index (χ2v) is 8.68. The zero-order chi connectivity index (χ0) is 20.5. The summed E-state index contributed by atoms with van der Waals surface area (Å²) < 4.78 is 16.7. The van der Waals surface area contributed by atoms with Crippen LogP contribution in [0.3, 0.4) is 0 Å². The second-order valence-electron chi connectivity index (χ2n) is 7.00. The van der Waals surface area contributed by atoms with Crippen molar-refractivity contribution in [3.63, 3.8) is 0 Å². The van der Waals surface area contributed by atoms with Crippen molar-refractivity contribution in [2.75, 3.05) is 38.0 Å². The van der Waals surface area contributed by atoms with Crippen LogP contribution in [-0.4, -0.2) is 53.2 Å². The third kappa shape index (κ3) is 3.88. The summed E-state index contributed by atoms with van der Waals surface area (Å²) in [5.41, 5.74) is 1.87. The van der Waals surface area contributed by atoms with E-state index in [1.165, 1.54) is 11.8 Å². The number of aromatic nitrogens is 1. The maximum atomic E-state index is 13.0. The third-order valence-corrected chi connectivity index (χ3v) is 6.43. The maximum Gasteiger partial charge on any atom is 0.266 e. The first-order valence-corrected chi connectivity index (χ1v) is 10.8. The van der Waals surface area contributed by atoms with Gasteiger partial charge < -0.3 is 19.1 Å². The Kier molecular flexibility index (Phi) is 5.32. The fourth-order valence-electron chi connectivity index (χ4n) is 3.50. The topological polar surface area (TPSA) is 64.1 Å². The molecule has 7 nitrogen and oxygen atoms in total. The average Bonchev–Trinajstić information content (AvgIpc) is 3.34. The Morgan fingerprint density at radius 1 is 1.13 bits per heavy atom. The molecule has 9 heteroatoms. The Morgan fingerprint density at radius 2 is 1.97 bits per heavy atom. The molecular weight excluding hydrogens is 422 g/mol. The van der Waals surface area contributed by atoms with Gasteiger partial charge in [0.05, 0.1) is 24.7 Å². The van der Waals surface area contributed by atoms with Crippen molar-refractivity contribution in [2.24, 2.45) is 0 Å². The molecule has 30 heavy (non-hydrogen) atoms. The number of anilines is 1. The summed E-state index contributed by atoms with van der Waals surface area (Å²) in [7, 11) is 0. The predicted molar refractivity (Wildman–Crippen MR) is 119 cm³/mol. The van der Waals surface area contributed by atoms with Crippen LogP contribution < -0.4 is 14.4 Å². The van der Waals surface area contributed by atoms with Gasteiger partial charge in [0.2, 0.25) is 6.79 Å². The first kappa shape index (κ1) is 19.3. The predicted octanol–water partition coefficient (Wildman–Crippen LogP) is 3.05. The van der Waals surface area contributed by atoms with Crippen molar-refractivity contribution in [3.05, 3.63) is 52.6 Å². The number of pyridine rings is 1. The van der Waals surface area contributed by atoms with E-state index in [9.17, 15) is 4.79 Å². The van der Waals surface area contributed by atoms with Gasteiger partial charge in [-0.15, -0.1) is 0 Å². The molecule has 5 rings (SSSR count).